The standard InChI is InChI=1S/C12H15N3O3S/c1-4-18-11-6-12(10(3)5-9(11)2)19(16,17)15-8-13-7-14-15/h5-8H,4H2,1-3H3. The van der Waals surface area contributed by atoms with Gasteiger partial charge in [-0.15, -0.1) is 9.19 Å². The molecule has 7 heteroatoms. The quantitative estimate of drug-likeness (QED) is 0.849. The maximum atomic E-state index is 12.4. The Kier molecular flexibility index (Phi) is 3.57. The molecule has 0 bridgehead atoms. The molecule has 2 aromatic rings. The highest BCUT2D eigenvalue weighted by atomic mass is 32.2. The lowest BCUT2D eigenvalue weighted by molar-refractivity contribution is 0.336. The summed E-state index contributed by atoms with van der Waals surface area (Å²) in [6.07, 6.45) is 2.35. The Labute approximate surface area is 112 Å². The van der Waals surface area contributed by atoms with Crippen molar-refractivity contribution in [2.24, 2.45) is 0 Å². The van der Waals surface area contributed by atoms with Crippen molar-refractivity contribution in [1.82, 2.24) is 14.2 Å². The van der Waals surface area contributed by atoms with Crippen LogP contribution in [-0.4, -0.2) is 29.2 Å². The molecule has 102 valence electrons. The van der Waals surface area contributed by atoms with Crippen LogP contribution in [-0.2, 0) is 10.0 Å². The van der Waals surface area contributed by atoms with E-state index in [2.05, 4.69) is 10.1 Å². The summed E-state index contributed by atoms with van der Waals surface area (Å²) in [5, 5.41) is 3.68. The summed E-state index contributed by atoms with van der Waals surface area (Å²) >= 11 is 0. The second-order valence-electron chi connectivity index (χ2n) is 4.09. The van der Waals surface area contributed by atoms with E-state index in [-0.39, 0.29) is 4.90 Å². The number of aromatic nitrogens is 3. The number of nitrogens with zero attached hydrogens (tertiary/aromatic N) is 3. The van der Waals surface area contributed by atoms with Gasteiger partial charge in [0.1, 0.15) is 18.4 Å². The first kappa shape index (κ1) is 13.5. The topological polar surface area (TPSA) is 74.1 Å². The lowest BCUT2D eigenvalue weighted by atomic mass is 10.1. The van der Waals surface area contributed by atoms with Gasteiger partial charge in [-0.1, -0.05) is 6.07 Å². The predicted molar refractivity (Wildman–Crippen MR) is 69.7 cm³/mol. The average molecular weight is 281 g/mol. The summed E-state index contributed by atoms with van der Waals surface area (Å²) in [6, 6.07) is 3.32. The number of aryl methyl sites for hydroxylation is 2. The fourth-order valence-corrected chi connectivity index (χ4v) is 3.09. The molecule has 0 atom stereocenters. The normalized spacial score (nSPS) is 11.5. The van der Waals surface area contributed by atoms with Gasteiger partial charge in [0.05, 0.1) is 11.5 Å². The molecular weight excluding hydrogens is 266 g/mol. The number of benzene rings is 1. The Morgan fingerprint density at radius 3 is 2.58 bits per heavy atom. The van der Waals surface area contributed by atoms with Crippen LogP contribution in [0.1, 0.15) is 18.1 Å². The van der Waals surface area contributed by atoms with E-state index in [1.165, 1.54) is 12.4 Å². The van der Waals surface area contributed by atoms with Gasteiger partial charge in [-0.05, 0) is 31.9 Å². The molecule has 19 heavy (non-hydrogen) atoms. The first-order valence-electron chi connectivity index (χ1n) is 5.81. The summed E-state index contributed by atoms with van der Waals surface area (Å²) in [5.41, 5.74) is 1.55. The molecular formula is C12H15N3O3S. The van der Waals surface area contributed by atoms with Crippen LogP contribution in [0.3, 0.4) is 0 Å². The van der Waals surface area contributed by atoms with Gasteiger partial charge < -0.3 is 4.74 Å². The highest BCUT2D eigenvalue weighted by Gasteiger charge is 2.21. The van der Waals surface area contributed by atoms with Crippen LogP contribution in [0.4, 0.5) is 0 Å². The molecule has 1 aromatic carbocycles. The van der Waals surface area contributed by atoms with Crippen LogP contribution in [0.25, 0.3) is 0 Å². The minimum atomic E-state index is -3.72. The van der Waals surface area contributed by atoms with Gasteiger partial charge in [-0.25, -0.2) is 4.98 Å². The minimum absolute atomic E-state index is 0.173. The number of hydrogen-bond donors (Lipinski definition) is 0. The predicted octanol–water partition coefficient (Wildman–Crippen LogP) is 1.53. The average Bonchev–Trinajstić information content (AvgIpc) is 2.86. The maximum absolute atomic E-state index is 12.4. The highest BCUT2D eigenvalue weighted by Crippen LogP contribution is 2.27. The van der Waals surface area contributed by atoms with Crippen molar-refractivity contribution in [3.63, 3.8) is 0 Å². The largest absolute Gasteiger partial charge is 0.494 e. The Bertz CT molecular complexity index is 678. The molecule has 1 heterocycles. The zero-order chi connectivity index (χ0) is 14.0. The van der Waals surface area contributed by atoms with Crippen LogP contribution < -0.4 is 4.74 Å². The Hall–Kier alpha value is -1.89. The van der Waals surface area contributed by atoms with Crippen molar-refractivity contribution in [3.8, 4) is 5.75 Å². The van der Waals surface area contributed by atoms with E-state index in [0.717, 1.165) is 16.0 Å². The van der Waals surface area contributed by atoms with Gasteiger partial charge in [0.25, 0.3) is 10.0 Å². The summed E-state index contributed by atoms with van der Waals surface area (Å²) < 4.78 is 31.1. The number of hydrogen-bond acceptors (Lipinski definition) is 5. The van der Waals surface area contributed by atoms with Gasteiger partial charge in [-0.2, -0.15) is 8.42 Å². The van der Waals surface area contributed by atoms with Gasteiger partial charge >= 0.3 is 0 Å². The molecule has 2 rings (SSSR count). The molecule has 0 unspecified atom stereocenters. The van der Waals surface area contributed by atoms with Crippen LogP contribution >= 0.6 is 0 Å². The molecule has 0 aliphatic rings. The lowest BCUT2D eigenvalue weighted by Crippen LogP contribution is -2.15. The van der Waals surface area contributed by atoms with Crippen molar-refractivity contribution in [2.75, 3.05) is 6.61 Å². The summed E-state index contributed by atoms with van der Waals surface area (Å²) in [5.74, 6) is 0.562. The molecule has 0 saturated carbocycles. The van der Waals surface area contributed by atoms with Crippen LogP contribution in [0.2, 0.25) is 0 Å². The van der Waals surface area contributed by atoms with Gasteiger partial charge in [0, 0.05) is 6.07 Å². The fourth-order valence-electron chi connectivity index (χ4n) is 1.82. The Morgan fingerprint density at radius 1 is 1.26 bits per heavy atom. The van der Waals surface area contributed by atoms with Crippen molar-refractivity contribution >= 4 is 10.0 Å². The number of rotatable bonds is 4. The first-order valence-corrected chi connectivity index (χ1v) is 7.25. The first-order chi connectivity index (χ1) is 8.96. The molecule has 6 nitrogen and oxygen atoms in total. The van der Waals surface area contributed by atoms with Crippen molar-refractivity contribution in [1.29, 1.82) is 0 Å². The van der Waals surface area contributed by atoms with E-state index < -0.39 is 10.0 Å². The highest BCUT2D eigenvalue weighted by molar-refractivity contribution is 7.89. The van der Waals surface area contributed by atoms with Crippen molar-refractivity contribution in [2.45, 2.75) is 25.7 Å². The fraction of sp³-hybridized carbons (Fsp3) is 0.333. The van der Waals surface area contributed by atoms with E-state index in [4.69, 9.17) is 4.74 Å². The maximum Gasteiger partial charge on any atom is 0.284 e. The molecule has 0 fully saturated rings. The van der Waals surface area contributed by atoms with Crippen LogP contribution in [0.5, 0.6) is 5.75 Å². The van der Waals surface area contributed by atoms with Gasteiger partial charge in [0.15, 0.2) is 0 Å². The number of ether oxygens (including phenoxy) is 1. The van der Waals surface area contributed by atoms with Gasteiger partial charge in [-0.3, -0.25) is 0 Å². The second-order valence-corrected chi connectivity index (χ2v) is 5.85. The summed E-state index contributed by atoms with van der Waals surface area (Å²) in [7, 11) is -3.72. The van der Waals surface area contributed by atoms with E-state index in [1.807, 2.05) is 13.8 Å². The van der Waals surface area contributed by atoms with E-state index in [1.54, 1.807) is 13.0 Å². The Balaban J connectivity index is 2.60. The molecule has 0 saturated heterocycles. The third-order valence-corrected chi connectivity index (χ3v) is 4.37. The molecule has 1 aromatic heterocycles. The smallest absolute Gasteiger partial charge is 0.284 e. The summed E-state index contributed by atoms with van der Waals surface area (Å²) in [6.45, 7) is 5.95. The SMILES string of the molecule is CCOc1cc(S(=O)(=O)n2cncn2)c(C)cc1C. The van der Waals surface area contributed by atoms with Gasteiger partial charge in [0.2, 0.25) is 0 Å². The minimum Gasteiger partial charge on any atom is -0.494 e. The third-order valence-electron chi connectivity index (χ3n) is 2.69. The zero-order valence-corrected chi connectivity index (χ0v) is 11.8. The molecule has 0 aliphatic carbocycles. The van der Waals surface area contributed by atoms with Crippen LogP contribution in [0.15, 0.2) is 29.7 Å². The van der Waals surface area contributed by atoms with E-state index in [0.29, 0.717) is 17.9 Å². The van der Waals surface area contributed by atoms with Crippen molar-refractivity contribution < 1.29 is 13.2 Å². The molecule has 0 spiro atoms. The zero-order valence-electron chi connectivity index (χ0n) is 11.0. The summed E-state index contributed by atoms with van der Waals surface area (Å²) in [4.78, 5) is 3.83. The van der Waals surface area contributed by atoms with Crippen molar-refractivity contribution in [3.05, 3.63) is 35.9 Å². The van der Waals surface area contributed by atoms with E-state index >= 15 is 0 Å². The molecule has 0 radical (unpaired) electrons. The monoisotopic (exact) mass is 281 g/mol. The van der Waals surface area contributed by atoms with Crippen LogP contribution in [0, 0.1) is 13.8 Å². The Morgan fingerprint density at radius 2 is 2.00 bits per heavy atom. The molecule has 0 N–H and O–H groups in total. The second kappa shape index (κ2) is 5.00. The third kappa shape index (κ3) is 2.46. The lowest BCUT2D eigenvalue weighted by Gasteiger charge is -2.12. The van der Waals surface area contributed by atoms with E-state index in [9.17, 15) is 8.42 Å². The molecule has 0 amide bonds. The molecule has 0 aliphatic heterocycles.